The third kappa shape index (κ3) is 2.75. The molecule has 0 aliphatic carbocycles. The van der Waals surface area contributed by atoms with Crippen LogP contribution in [0.1, 0.15) is 11.5 Å². The maximum atomic E-state index is 12.5. The van der Waals surface area contributed by atoms with Gasteiger partial charge in [0, 0.05) is 0 Å². The molecular weight excluding hydrogens is 205 g/mol. The average Bonchev–Trinajstić information content (AvgIpc) is 2.18. The number of hydrogen-bond donors (Lipinski definition) is 0. The van der Waals surface area contributed by atoms with E-state index >= 15 is 0 Å². The summed E-state index contributed by atoms with van der Waals surface area (Å²) in [5.74, 6) is -1.09. The van der Waals surface area contributed by atoms with E-state index in [4.69, 9.17) is 4.74 Å². The molecule has 15 heavy (non-hydrogen) atoms. The van der Waals surface area contributed by atoms with Crippen molar-refractivity contribution in [3.8, 4) is 5.75 Å². The van der Waals surface area contributed by atoms with Crippen molar-refractivity contribution >= 4 is 0 Å². The fourth-order valence-electron chi connectivity index (χ4n) is 1.27. The summed E-state index contributed by atoms with van der Waals surface area (Å²) in [6, 6.07) is 5.77. The Kier molecular flexibility index (Phi) is 3.39. The molecule has 4 heteroatoms. The highest BCUT2D eigenvalue weighted by atomic mass is 19.4. The number of allylic oxidation sites excluding steroid dienone is 1. The Hall–Kier alpha value is -1.45. The maximum absolute atomic E-state index is 12.5. The molecule has 0 radical (unpaired) electrons. The van der Waals surface area contributed by atoms with E-state index in [2.05, 4.69) is 6.58 Å². The van der Waals surface area contributed by atoms with Crippen LogP contribution in [0.25, 0.3) is 0 Å². The first-order chi connectivity index (χ1) is 6.99. The zero-order valence-electron chi connectivity index (χ0n) is 8.21. The zero-order chi connectivity index (χ0) is 11.5. The first-order valence-electron chi connectivity index (χ1n) is 4.32. The second kappa shape index (κ2) is 4.38. The number of ether oxygens (including phenoxy) is 1. The lowest BCUT2D eigenvalue weighted by molar-refractivity contribution is -0.139. The van der Waals surface area contributed by atoms with E-state index in [0.717, 1.165) is 6.08 Å². The minimum atomic E-state index is -4.30. The molecule has 1 nitrogen and oxygen atoms in total. The summed E-state index contributed by atoms with van der Waals surface area (Å²) < 4.78 is 42.3. The van der Waals surface area contributed by atoms with Crippen molar-refractivity contribution in [1.82, 2.24) is 0 Å². The second-order valence-electron chi connectivity index (χ2n) is 3.03. The fraction of sp³-hybridized carbons (Fsp3) is 0.273. The first kappa shape index (κ1) is 11.6. The van der Waals surface area contributed by atoms with E-state index in [0.29, 0.717) is 5.75 Å². The van der Waals surface area contributed by atoms with E-state index in [-0.39, 0.29) is 5.56 Å². The molecule has 0 bridgehead atoms. The van der Waals surface area contributed by atoms with Crippen LogP contribution in [-0.4, -0.2) is 13.3 Å². The predicted molar refractivity (Wildman–Crippen MR) is 52.0 cm³/mol. The third-order valence-corrected chi connectivity index (χ3v) is 2.06. The van der Waals surface area contributed by atoms with Gasteiger partial charge in [-0.1, -0.05) is 18.2 Å². The summed E-state index contributed by atoms with van der Waals surface area (Å²) >= 11 is 0. The molecule has 0 aromatic heterocycles. The highest BCUT2D eigenvalue weighted by Crippen LogP contribution is 2.35. The van der Waals surface area contributed by atoms with Gasteiger partial charge in [0.15, 0.2) is 0 Å². The SMILES string of the molecule is C=CC(c1ccc(OC)cc1)C(F)(F)F. The smallest absolute Gasteiger partial charge is 0.399 e. The number of rotatable bonds is 3. The molecule has 0 saturated heterocycles. The van der Waals surface area contributed by atoms with Gasteiger partial charge in [0.2, 0.25) is 0 Å². The van der Waals surface area contributed by atoms with Gasteiger partial charge in [-0.15, -0.1) is 6.58 Å². The van der Waals surface area contributed by atoms with Gasteiger partial charge in [0.25, 0.3) is 0 Å². The Morgan fingerprint density at radius 1 is 1.27 bits per heavy atom. The van der Waals surface area contributed by atoms with Crippen LogP contribution in [0.5, 0.6) is 5.75 Å². The van der Waals surface area contributed by atoms with Crippen LogP contribution >= 0.6 is 0 Å². The third-order valence-electron chi connectivity index (χ3n) is 2.06. The number of benzene rings is 1. The molecule has 0 fully saturated rings. The molecule has 0 aliphatic heterocycles. The molecule has 0 aliphatic rings. The van der Waals surface area contributed by atoms with Crippen LogP contribution in [0.15, 0.2) is 36.9 Å². The van der Waals surface area contributed by atoms with Gasteiger partial charge in [0.05, 0.1) is 13.0 Å². The van der Waals surface area contributed by atoms with Gasteiger partial charge >= 0.3 is 6.18 Å². The number of alkyl halides is 3. The molecule has 0 amide bonds. The van der Waals surface area contributed by atoms with Crippen molar-refractivity contribution in [1.29, 1.82) is 0 Å². The number of halogens is 3. The van der Waals surface area contributed by atoms with Crippen LogP contribution in [-0.2, 0) is 0 Å². The molecule has 1 aromatic carbocycles. The molecule has 0 saturated carbocycles. The summed E-state index contributed by atoms with van der Waals surface area (Å²) in [6.07, 6.45) is -3.40. The first-order valence-corrected chi connectivity index (χ1v) is 4.32. The van der Waals surface area contributed by atoms with E-state index in [1.54, 1.807) is 0 Å². The molecule has 0 N–H and O–H groups in total. The summed E-state index contributed by atoms with van der Waals surface area (Å²) in [6.45, 7) is 3.20. The zero-order valence-corrected chi connectivity index (χ0v) is 8.21. The van der Waals surface area contributed by atoms with Crippen LogP contribution < -0.4 is 4.74 Å². The largest absolute Gasteiger partial charge is 0.497 e. The van der Waals surface area contributed by atoms with E-state index < -0.39 is 12.1 Å². The topological polar surface area (TPSA) is 9.23 Å². The minimum absolute atomic E-state index is 0.165. The number of hydrogen-bond acceptors (Lipinski definition) is 1. The lowest BCUT2D eigenvalue weighted by Crippen LogP contribution is -2.18. The summed E-state index contributed by atoms with van der Waals surface area (Å²) in [5, 5.41) is 0. The van der Waals surface area contributed by atoms with Crippen molar-refractivity contribution in [2.24, 2.45) is 0 Å². The van der Waals surface area contributed by atoms with Crippen molar-refractivity contribution in [2.75, 3.05) is 7.11 Å². The highest BCUT2D eigenvalue weighted by Gasteiger charge is 2.38. The van der Waals surface area contributed by atoms with Crippen LogP contribution in [0.3, 0.4) is 0 Å². The molecule has 1 rings (SSSR count). The molecule has 1 unspecified atom stereocenters. The second-order valence-corrected chi connectivity index (χ2v) is 3.03. The summed E-state index contributed by atoms with van der Waals surface area (Å²) in [7, 11) is 1.46. The Morgan fingerprint density at radius 2 is 1.80 bits per heavy atom. The van der Waals surface area contributed by atoms with Crippen molar-refractivity contribution < 1.29 is 17.9 Å². The minimum Gasteiger partial charge on any atom is -0.497 e. The van der Waals surface area contributed by atoms with E-state index in [1.807, 2.05) is 0 Å². The van der Waals surface area contributed by atoms with Crippen molar-refractivity contribution in [3.05, 3.63) is 42.5 Å². The average molecular weight is 216 g/mol. The van der Waals surface area contributed by atoms with Gasteiger partial charge in [-0.25, -0.2) is 0 Å². The Morgan fingerprint density at radius 3 is 2.13 bits per heavy atom. The van der Waals surface area contributed by atoms with Gasteiger partial charge < -0.3 is 4.74 Å². The lowest BCUT2D eigenvalue weighted by Gasteiger charge is -2.16. The Bertz CT molecular complexity index is 327. The fourth-order valence-corrected chi connectivity index (χ4v) is 1.27. The Labute approximate surface area is 86.2 Å². The maximum Gasteiger partial charge on any atom is 0.399 e. The highest BCUT2D eigenvalue weighted by molar-refractivity contribution is 5.32. The quantitative estimate of drug-likeness (QED) is 0.702. The molecule has 1 atom stereocenters. The standard InChI is InChI=1S/C11H11F3O/c1-3-10(11(12,13)14)8-4-6-9(15-2)7-5-8/h3-7,10H,1H2,2H3. The predicted octanol–water partition coefficient (Wildman–Crippen LogP) is 3.53. The van der Waals surface area contributed by atoms with Crippen molar-refractivity contribution in [2.45, 2.75) is 12.1 Å². The van der Waals surface area contributed by atoms with E-state index in [9.17, 15) is 13.2 Å². The van der Waals surface area contributed by atoms with Gasteiger partial charge in [-0.2, -0.15) is 13.2 Å². The van der Waals surface area contributed by atoms with Gasteiger partial charge in [-0.05, 0) is 17.7 Å². The number of methoxy groups -OCH3 is 1. The summed E-state index contributed by atoms with van der Waals surface area (Å²) in [5.41, 5.74) is 0.165. The van der Waals surface area contributed by atoms with Crippen LogP contribution in [0, 0.1) is 0 Å². The molecular formula is C11H11F3O. The molecule has 0 heterocycles. The van der Waals surface area contributed by atoms with Gasteiger partial charge in [0.1, 0.15) is 5.75 Å². The molecule has 82 valence electrons. The molecule has 1 aromatic rings. The van der Waals surface area contributed by atoms with Crippen LogP contribution in [0.4, 0.5) is 13.2 Å². The summed E-state index contributed by atoms with van der Waals surface area (Å²) in [4.78, 5) is 0. The monoisotopic (exact) mass is 216 g/mol. The molecule has 0 spiro atoms. The lowest BCUT2D eigenvalue weighted by atomic mass is 9.99. The van der Waals surface area contributed by atoms with E-state index in [1.165, 1.54) is 31.4 Å². The van der Waals surface area contributed by atoms with Crippen molar-refractivity contribution in [3.63, 3.8) is 0 Å². The van der Waals surface area contributed by atoms with Gasteiger partial charge in [-0.3, -0.25) is 0 Å². The van der Waals surface area contributed by atoms with Crippen LogP contribution in [0.2, 0.25) is 0 Å². The Balaban J connectivity index is 2.98. The normalized spacial score (nSPS) is 13.3.